The standard InChI is InChI=1S/C25H24FNO4.C9H13NO/c26-17-9-7-15(8-10-17)24-20-3-1-2-4-22(20)27-25(16-5-6-16)21(24)12-11-18(28)13-19(29)14-23(30)31;10-9(7-11)6-8-4-2-1-3-5-8/h1-4,7-12,16,18-19,28-29H,5-6,13-14H2,(H,30,31);1-5,9,11H,6-7,10H2/b12-11+;/t18-,19-;9-/m10/s1. The third-order valence-electron chi connectivity index (χ3n) is 7.04. The summed E-state index contributed by atoms with van der Waals surface area (Å²) >= 11 is 0. The minimum atomic E-state index is -1.13. The first-order valence-electron chi connectivity index (χ1n) is 14.1. The Labute approximate surface area is 244 Å². The fraction of sp³-hybridized carbons (Fsp3) is 0.294. The minimum Gasteiger partial charge on any atom is -0.481 e. The second-order valence-corrected chi connectivity index (χ2v) is 10.6. The first kappa shape index (κ1) is 31.0. The molecule has 0 saturated heterocycles. The maximum atomic E-state index is 13.6. The Kier molecular flexibility index (Phi) is 10.9. The highest BCUT2D eigenvalue weighted by Crippen LogP contribution is 2.45. The van der Waals surface area contributed by atoms with Crippen molar-refractivity contribution in [1.29, 1.82) is 0 Å². The molecule has 1 fully saturated rings. The van der Waals surface area contributed by atoms with E-state index in [1.54, 1.807) is 24.3 Å². The molecule has 6 N–H and O–H groups in total. The van der Waals surface area contributed by atoms with Crippen LogP contribution in [0.3, 0.4) is 0 Å². The normalized spacial score (nSPS) is 15.2. The Hall–Kier alpha value is -3.95. The maximum Gasteiger partial charge on any atom is 0.305 e. The lowest BCUT2D eigenvalue weighted by atomic mass is 9.92. The van der Waals surface area contributed by atoms with Crippen molar-refractivity contribution in [2.45, 2.75) is 56.3 Å². The number of aliphatic hydroxyl groups excluding tert-OH is 3. The first-order chi connectivity index (χ1) is 20.2. The van der Waals surface area contributed by atoms with E-state index in [9.17, 15) is 19.4 Å². The number of hydrogen-bond acceptors (Lipinski definition) is 6. The van der Waals surface area contributed by atoms with E-state index in [1.165, 1.54) is 17.7 Å². The predicted octanol–water partition coefficient (Wildman–Crippen LogP) is 5.07. The van der Waals surface area contributed by atoms with Gasteiger partial charge in [0.15, 0.2) is 0 Å². The lowest BCUT2D eigenvalue weighted by Crippen LogP contribution is -2.26. The molecule has 1 aliphatic rings. The van der Waals surface area contributed by atoms with Crippen molar-refractivity contribution in [3.63, 3.8) is 0 Å². The molecular weight excluding hydrogens is 535 g/mol. The van der Waals surface area contributed by atoms with Gasteiger partial charge in [-0.2, -0.15) is 0 Å². The van der Waals surface area contributed by atoms with Gasteiger partial charge in [0.1, 0.15) is 5.82 Å². The van der Waals surface area contributed by atoms with Gasteiger partial charge in [-0.05, 0) is 48.6 Å². The zero-order valence-electron chi connectivity index (χ0n) is 23.3. The summed E-state index contributed by atoms with van der Waals surface area (Å²) in [5, 5.41) is 38.6. The number of nitrogens with two attached hydrogens (primary N) is 1. The smallest absolute Gasteiger partial charge is 0.305 e. The van der Waals surface area contributed by atoms with Crippen LogP contribution in [0.4, 0.5) is 4.39 Å². The Balaban J connectivity index is 0.000000310. The van der Waals surface area contributed by atoms with Crippen molar-refractivity contribution < 1.29 is 29.6 Å². The first-order valence-corrected chi connectivity index (χ1v) is 14.1. The second kappa shape index (κ2) is 14.8. The van der Waals surface area contributed by atoms with Gasteiger partial charge in [-0.1, -0.05) is 72.8 Å². The van der Waals surface area contributed by atoms with E-state index in [2.05, 4.69) is 0 Å². The molecule has 5 rings (SSSR count). The van der Waals surface area contributed by atoms with Crippen LogP contribution >= 0.6 is 0 Å². The van der Waals surface area contributed by atoms with Crippen LogP contribution in [-0.2, 0) is 11.2 Å². The molecule has 42 heavy (non-hydrogen) atoms. The number of aromatic nitrogens is 1. The summed E-state index contributed by atoms with van der Waals surface area (Å²) in [5.74, 6) is -1.10. The van der Waals surface area contributed by atoms with Crippen LogP contribution in [0.5, 0.6) is 0 Å². The number of aliphatic hydroxyl groups is 3. The third-order valence-corrected chi connectivity index (χ3v) is 7.04. The van der Waals surface area contributed by atoms with Gasteiger partial charge in [0, 0.05) is 34.9 Å². The monoisotopic (exact) mass is 572 g/mol. The van der Waals surface area contributed by atoms with Gasteiger partial charge in [-0.15, -0.1) is 0 Å². The molecule has 1 aliphatic carbocycles. The van der Waals surface area contributed by atoms with Crippen LogP contribution in [0.15, 0.2) is 84.9 Å². The van der Waals surface area contributed by atoms with E-state index in [-0.39, 0.29) is 24.9 Å². The molecule has 1 saturated carbocycles. The van der Waals surface area contributed by atoms with E-state index < -0.39 is 24.6 Å². The number of para-hydroxylation sites is 1. The summed E-state index contributed by atoms with van der Waals surface area (Å²) in [6.07, 6.45) is 3.55. The number of aliphatic carboxylic acids is 1. The Bertz CT molecular complexity index is 1490. The number of carboxylic acids is 1. The minimum absolute atomic E-state index is 0.0505. The molecule has 0 radical (unpaired) electrons. The van der Waals surface area contributed by atoms with Crippen LogP contribution in [0.25, 0.3) is 28.1 Å². The molecule has 7 nitrogen and oxygen atoms in total. The van der Waals surface area contributed by atoms with Gasteiger partial charge >= 0.3 is 5.97 Å². The largest absolute Gasteiger partial charge is 0.481 e. The number of carboxylic acid groups (broad SMARTS) is 1. The predicted molar refractivity (Wildman–Crippen MR) is 162 cm³/mol. The molecule has 3 aromatic carbocycles. The highest BCUT2D eigenvalue weighted by molar-refractivity contribution is 5.99. The van der Waals surface area contributed by atoms with Crippen molar-refractivity contribution in [3.05, 3.63) is 108 Å². The van der Waals surface area contributed by atoms with Crippen molar-refractivity contribution in [2.24, 2.45) is 5.73 Å². The average Bonchev–Trinajstić information content (AvgIpc) is 3.82. The number of fused-ring (bicyclic) bond motifs is 1. The molecule has 0 unspecified atom stereocenters. The van der Waals surface area contributed by atoms with Gasteiger partial charge in [0.25, 0.3) is 0 Å². The number of carbonyl (C=O) groups is 1. The lowest BCUT2D eigenvalue weighted by Gasteiger charge is -2.16. The molecule has 4 aromatic rings. The van der Waals surface area contributed by atoms with Crippen molar-refractivity contribution >= 4 is 22.9 Å². The number of halogens is 1. The van der Waals surface area contributed by atoms with Gasteiger partial charge in [0.2, 0.25) is 0 Å². The van der Waals surface area contributed by atoms with E-state index in [0.717, 1.165) is 52.5 Å². The summed E-state index contributed by atoms with van der Waals surface area (Å²) in [6.45, 7) is 0.0505. The molecule has 1 heterocycles. The topological polar surface area (TPSA) is 137 Å². The Morgan fingerprint density at radius 2 is 1.67 bits per heavy atom. The second-order valence-electron chi connectivity index (χ2n) is 10.6. The molecule has 8 heteroatoms. The number of hydrogen-bond donors (Lipinski definition) is 5. The van der Waals surface area contributed by atoms with Gasteiger partial charge in [0.05, 0.1) is 36.4 Å². The zero-order chi connectivity index (χ0) is 30.1. The van der Waals surface area contributed by atoms with Crippen LogP contribution in [0.1, 0.15) is 48.4 Å². The van der Waals surface area contributed by atoms with Crippen LogP contribution < -0.4 is 5.73 Å². The zero-order valence-corrected chi connectivity index (χ0v) is 23.3. The molecule has 0 bridgehead atoms. The van der Waals surface area contributed by atoms with E-state index in [1.807, 2.05) is 54.6 Å². The average molecular weight is 573 g/mol. The maximum absolute atomic E-state index is 13.6. The van der Waals surface area contributed by atoms with E-state index in [0.29, 0.717) is 5.92 Å². The molecule has 0 spiro atoms. The lowest BCUT2D eigenvalue weighted by molar-refractivity contribution is -0.139. The number of pyridine rings is 1. The fourth-order valence-corrected chi connectivity index (χ4v) is 4.84. The third kappa shape index (κ3) is 8.77. The summed E-state index contributed by atoms with van der Waals surface area (Å²) in [6, 6.07) is 23.9. The molecule has 0 aliphatic heterocycles. The van der Waals surface area contributed by atoms with Gasteiger partial charge < -0.3 is 26.2 Å². The van der Waals surface area contributed by atoms with Gasteiger partial charge in [-0.25, -0.2) is 4.39 Å². The number of benzene rings is 3. The highest BCUT2D eigenvalue weighted by Gasteiger charge is 2.29. The van der Waals surface area contributed by atoms with Crippen molar-refractivity contribution in [3.8, 4) is 11.1 Å². The van der Waals surface area contributed by atoms with Crippen LogP contribution in [0, 0.1) is 5.82 Å². The highest BCUT2D eigenvalue weighted by atomic mass is 19.1. The molecule has 1 aromatic heterocycles. The molecule has 0 amide bonds. The summed E-state index contributed by atoms with van der Waals surface area (Å²) in [5.41, 5.74) is 11.2. The number of nitrogens with zero attached hydrogens (tertiary/aromatic N) is 1. The van der Waals surface area contributed by atoms with E-state index >= 15 is 0 Å². The Morgan fingerprint density at radius 3 is 2.31 bits per heavy atom. The summed E-state index contributed by atoms with van der Waals surface area (Å²) < 4.78 is 13.6. The molecule has 220 valence electrons. The quantitative estimate of drug-likeness (QED) is 0.169. The summed E-state index contributed by atoms with van der Waals surface area (Å²) in [4.78, 5) is 15.6. The summed E-state index contributed by atoms with van der Waals surface area (Å²) in [7, 11) is 0. The SMILES string of the molecule is N[C@H](CO)Cc1ccccc1.O=C(O)C[C@H](O)C[C@H](O)/C=C/c1c(C2CC2)nc2ccccc2c1-c1ccc(F)cc1. The fourth-order valence-electron chi connectivity index (χ4n) is 4.84. The van der Waals surface area contributed by atoms with Crippen molar-refractivity contribution in [2.75, 3.05) is 6.61 Å². The Morgan fingerprint density at radius 1 is 1.00 bits per heavy atom. The number of rotatable bonds is 11. The van der Waals surface area contributed by atoms with Crippen molar-refractivity contribution in [1.82, 2.24) is 4.98 Å². The van der Waals surface area contributed by atoms with Crippen LogP contribution in [0.2, 0.25) is 0 Å². The van der Waals surface area contributed by atoms with Crippen LogP contribution in [-0.4, -0.2) is 56.2 Å². The molecule has 3 atom stereocenters. The van der Waals surface area contributed by atoms with E-state index in [4.69, 9.17) is 20.9 Å². The van der Waals surface area contributed by atoms with Gasteiger partial charge in [-0.3, -0.25) is 9.78 Å². The molecular formula is C34H37FN2O5.